The van der Waals surface area contributed by atoms with Gasteiger partial charge in [0.25, 0.3) is 0 Å². The average molecular weight is 339 g/mol. The van der Waals surface area contributed by atoms with Crippen molar-refractivity contribution in [2.45, 2.75) is 38.8 Å². The molecule has 0 spiro atoms. The van der Waals surface area contributed by atoms with Crippen molar-refractivity contribution < 1.29 is 8.42 Å². The van der Waals surface area contributed by atoms with E-state index in [1.165, 1.54) is 5.56 Å². The molecule has 1 aromatic heterocycles. The highest BCUT2D eigenvalue weighted by molar-refractivity contribution is 7.89. The number of hydrogen-bond donors (Lipinski definition) is 1. The van der Waals surface area contributed by atoms with E-state index in [9.17, 15) is 8.42 Å². The Balaban J connectivity index is 1.79. The molecule has 8 heteroatoms. The third-order valence-corrected chi connectivity index (χ3v) is 6.07. The first-order valence-corrected chi connectivity index (χ1v) is 9.90. The van der Waals surface area contributed by atoms with E-state index in [4.69, 9.17) is 0 Å². The van der Waals surface area contributed by atoms with Crippen molar-refractivity contribution in [2.24, 2.45) is 0 Å². The molecule has 1 N–H and O–H groups in total. The lowest BCUT2D eigenvalue weighted by atomic mass is 10.0. The number of rotatable bonds is 4. The molecule has 0 bridgehead atoms. The zero-order chi connectivity index (χ0) is 16.4. The summed E-state index contributed by atoms with van der Waals surface area (Å²) in [6, 6.07) is -0.0411. The van der Waals surface area contributed by atoms with Gasteiger partial charge in [0.2, 0.25) is 10.0 Å². The lowest BCUT2D eigenvalue weighted by Gasteiger charge is -2.36. The van der Waals surface area contributed by atoms with E-state index in [-0.39, 0.29) is 11.8 Å². The van der Waals surface area contributed by atoms with E-state index in [1.807, 2.05) is 0 Å². The van der Waals surface area contributed by atoms with E-state index in [1.54, 1.807) is 13.3 Å². The van der Waals surface area contributed by atoms with Crippen molar-refractivity contribution in [1.82, 2.24) is 19.6 Å². The molecule has 0 radical (unpaired) electrons. The first kappa shape index (κ1) is 16.6. The maximum atomic E-state index is 11.8. The summed E-state index contributed by atoms with van der Waals surface area (Å²) >= 11 is 0. The zero-order valence-electron chi connectivity index (χ0n) is 13.8. The molecule has 3 heterocycles. The Kier molecular flexibility index (Phi) is 4.84. The SMILES string of the molecule is CCS(=O)(=O)N[C@@H]1CCCN(c2ncnc3c2CN(C)CC3)C1. The second-order valence-electron chi connectivity index (χ2n) is 6.42. The largest absolute Gasteiger partial charge is 0.355 e. The van der Waals surface area contributed by atoms with E-state index >= 15 is 0 Å². The summed E-state index contributed by atoms with van der Waals surface area (Å²) < 4.78 is 26.5. The molecule has 0 amide bonds. The molecule has 3 rings (SSSR count). The number of nitrogens with zero attached hydrogens (tertiary/aromatic N) is 4. The summed E-state index contributed by atoms with van der Waals surface area (Å²) in [5, 5.41) is 0. The van der Waals surface area contributed by atoms with Gasteiger partial charge in [0.05, 0.1) is 11.4 Å². The van der Waals surface area contributed by atoms with Crippen LogP contribution in [0.15, 0.2) is 6.33 Å². The van der Waals surface area contributed by atoms with E-state index < -0.39 is 10.0 Å². The van der Waals surface area contributed by atoms with Crippen LogP contribution in [0.1, 0.15) is 31.0 Å². The summed E-state index contributed by atoms with van der Waals surface area (Å²) in [6.07, 6.45) is 4.43. The monoisotopic (exact) mass is 339 g/mol. The highest BCUT2D eigenvalue weighted by atomic mass is 32.2. The molecule has 0 unspecified atom stereocenters. The zero-order valence-corrected chi connectivity index (χ0v) is 14.6. The minimum Gasteiger partial charge on any atom is -0.355 e. The maximum absolute atomic E-state index is 11.8. The first-order chi connectivity index (χ1) is 11.0. The number of fused-ring (bicyclic) bond motifs is 1. The normalized spacial score (nSPS) is 22.9. The predicted molar refractivity (Wildman–Crippen MR) is 89.9 cm³/mol. The second-order valence-corrected chi connectivity index (χ2v) is 8.46. The lowest BCUT2D eigenvalue weighted by molar-refractivity contribution is 0.308. The number of aromatic nitrogens is 2. The lowest BCUT2D eigenvalue weighted by Crippen LogP contribution is -2.48. The maximum Gasteiger partial charge on any atom is 0.211 e. The molecule has 128 valence electrons. The number of likely N-dealkylation sites (N-methyl/N-ethyl adjacent to an activating group) is 1. The Hall–Kier alpha value is -1.25. The summed E-state index contributed by atoms with van der Waals surface area (Å²) in [5.41, 5.74) is 2.32. The Morgan fingerprint density at radius 3 is 2.96 bits per heavy atom. The molecule has 1 fully saturated rings. The number of anilines is 1. The smallest absolute Gasteiger partial charge is 0.211 e. The number of hydrogen-bond acceptors (Lipinski definition) is 6. The van der Waals surface area contributed by atoms with Crippen LogP contribution in [-0.2, 0) is 23.0 Å². The molecular weight excluding hydrogens is 314 g/mol. The number of nitrogens with one attached hydrogen (secondary N) is 1. The fourth-order valence-corrected chi connectivity index (χ4v) is 4.20. The minimum absolute atomic E-state index is 0.0411. The second kappa shape index (κ2) is 6.70. The molecule has 1 saturated heterocycles. The van der Waals surface area contributed by atoms with Crippen LogP contribution < -0.4 is 9.62 Å². The topological polar surface area (TPSA) is 78.4 Å². The standard InChI is InChI=1S/C15H25N5O2S/c1-3-23(21,22)18-12-5-4-7-20(9-12)15-13-10-19(2)8-6-14(13)16-11-17-15/h11-12,18H,3-10H2,1-2H3/t12-/m1/s1. The van der Waals surface area contributed by atoms with Crippen molar-refractivity contribution in [3.05, 3.63) is 17.6 Å². The number of piperidine rings is 1. The van der Waals surface area contributed by atoms with Crippen molar-refractivity contribution in [3.8, 4) is 0 Å². The molecule has 0 saturated carbocycles. The van der Waals surface area contributed by atoms with Gasteiger partial charge < -0.3 is 9.80 Å². The first-order valence-electron chi connectivity index (χ1n) is 8.24. The highest BCUT2D eigenvalue weighted by Gasteiger charge is 2.27. The molecule has 7 nitrogen and oxygen atoms in total. The number of sulfonamides is 1. The van der Waals surface area contributed by atoms with Gasteiger partial charge in [0, 0.05) is 44.2 Å². The average Bonchev–Trinajstić information content (AvgIpc) is 2.54. The van der Waals surface area contributed by atoms with Gasteiger partial charge in [-0.3, -0.25) is 0 Å². The van der Waals surface area contributed by atoms with Crippen LogP contribution in [0, 0.1) is 0 Å². The predicted octanol–water partition coefficient (Wildman–Crippen LogP) is 0.373. The highest BCUT2D eigenvalue weighted by Crippen LogP contribution is 2.27. The Bertz CT molecular complexity index is 664. The third-order valence-electron chi connectivity index (χ3n) is 4.62. The van der Waals surface area contributed by atoms with Gasteiger partial charge in [0.15, 0.2) is 0 Å². The quantitative estimate of drug-likeness (QED) is 0.854. The molecule has 2 aliphatic rings. The van der Waals surface area contributed by atoms with Crippen molar-refractivity contribution in [2.75, 3.05) is 37.3 Å². The fourth-order valence-electron chi connectivity index (χ4n) is 3.34. The van der Waals surface area contributed by atoms with Crippen molar-refractivity contribution >= 4 is 15.8 Å². The van der Waals surface area contributed by atoms with Gasteiger partial charge in [-0.15, -0.1) is 0 Å². The molecule has 0 aliphatic carbocycles. The van der Waals surface area contributed by atoms with Crippen LogP contribution in [0.25, 0.3) is 0 Å². The van der Waals surface area contributed by atoms with E-state index in [0.29, 0.717) is 6.54 Å². The van der Waals surface area contributed by atoms with Crippen molar-refractivity contribution in [3.63, 3.8) is 0 Å². The van der Waals surface area contributed by atoms with Gasteiger partial charge in [-0.05, 0) is 26.8 Å². The van der Waals surface area contributed by atoms with Crippen LogP contribution in [-0.4, -0.2) is 61.8 Å². The Morgan fingerprint density at radius 1 is 1.35 bits per heavy atom. The van der Waals surface area contributed by atoms with Crippen LogP contribution in [0.4, 0.5) is 5.82 Å². The van der Waals surface area contributed by atoms with Crippen LogP contribution >= 0.6 is 0 Å². The molecule has 0 aromatic carbocycles. The summed E-state index contributed by atoms with van der Waals surface area (Å²) in [6.45, 7) is 5.12. The molecular formula is C15H25N5O2S. The van der Waals surface area contributed by atoms with Gasteiger partial charge in [0.1, 0.15) is 12.1 Å². The van der Waals surface area contributed by atoms with Gasteiger partial charge in [-0.1, -0.05) is 0 Å². The van der Waals surface area contributed by atoms with E-state index in [2.05, 4.69) is 31.5 Å². The minimum atomic E-state index is -3.17. The van der Waals surface area contributed by atoms with Crippen LogP contribution in [0.3, 0.4) is 0 Å². The Labute approximate surface area is 138 Å². The molecule has 1 atom stereocenters. The van der Waals surface area contributed by atoms with Crippen LogP contribution in [0.2, 0.25) is 0 Å². The van der Waals surface area contributed by atoms with Crippen LogP contribution in [0.5, 0.6) is 0 Å². The third kappa shape index (κ3) is 3.81. The molecule has 2 aliphatic heterocycles. The summed E-state index contributed by atoms with van der Waals surface area (Å²) in [7, 11) is -1.06. The summed E-state index contributed by atoms with van der Waals surface area (Å²) in [5.74, 6) is 1.10. The Morgan fingerprint density at radius 2 is 2.17 bits per heavy atom. The van der Waals surface area contributed by atoms with Crippen molar-refractivity contribution in [1.29, 1.82) is 0 Å². The van der Waals surface area contributed by atoms with Gasteiger partial charge in [-0.2, -0.15) is 0 Å². The van der Waals surface area contributed by atoms with Gasteiger partial charge in [-0.25, -0.2) is 23.1 Å². The summed E-state index contributed by atoms with van der Waals surface area (Å²) in [4.78, 5) is 13.4. The van der Waals surface area contributed by atoms with Gasteiger partial charge >= 0.3 is 0 Å². The fraction of sp³-hybridized carbons (Fsp3) is 0.733. The van der Waals surface area contributed by atoms with E-state index in [0.717, 1.165) is 50.4 Å². The molecule has 23 heavy (non-hydrogen) atoms. The molecule has 1 aromatic rings.